The Morgan fingerprint density at radius 3 is 2.38 bits per heavy atom. The average Bonchev–Trinajstić information content (AvgIpc) is 3.19. The van der Waals surface area contributed by atoms with Gasteiger partial charge in [-0.3, -0.25) is 4.79 Å². The van der Waals surface area contributed by atoms with Gasteiger partial charge in [0.2, 0.25) is 0 Å². The van der Waals surface area contributed by atoms with Crippen LogP contribution in [0.3, 0.4) is 0 Å². The Hall–Kier alpha value is -1.57. The van der Waals surface area contributed by atoms with Crippen molar-refractivity contribution in [1.82, 2.24) is 0 Å². The van der Waals surface area contributed by atoms with E-state index in [0.29, 0.717) is 0 Å². The van der Waals surface area contributed by atoms with E-state index in [1.165, 1.54) is 29.2 Å². The first-order valence-corrected chi connectivity index (χ1v) is 9.21. The highest BCUT2D eigenvalue weighted by Gasteiger charge is 2.32. The maximum Gasteiger partial charge on any atom is 0.303 e. The Morgan fingerprint density at radius 2 is 1.71 bits per heavy atom. The zero-order valence-corrected chi connectivity index (χ0v) is 15.9. The Kier molecular flexibility index (Phi) is 6.26. The van der Waals surface area contributed by atoms with E-state index >= 15 is 0 Å². The van der Waals surface area contributed by atoms with Crippen molar-refractivity contribution < 1.29 is 9.53 Å². The van der Waals surface area contributed by atoms with Crippen LogP contribution in [-0.4, -0.2) is 11.6 Å². The normalized spacial score (nSPS) is 27.3. The number of rotatable bonds is 2. The van der Waals surface area contributed by atoms with Crippen LogP contribution in [0.5, 0.6) is 0 Å². The summed E-state index contributed by atoms with van der Waals surface area (Å²) in [5, 5.41) is 0. The summed E-state index contributed by atoms with van der Waals surface area (Å²) < 4.78 is 5.63. The minimum Gasteiger partial charge on any atom is -0.459 e. The molecule has 2 heteroatoms. The Morgan fingerprint density at radius 1 is 1.08 bits per heavy atom. The number of ether oxygens (including phenoxy) is 1. The SMILES string of the molecule is CC(=O)OC(C)(C)[C@H]1C=C2C=C2CC/C=C(\C)CC/C=C(\C)CC1. The molecule has 0 saturated heterocycles. The second-order valence-electron chi connectivity index (χ2n) is 7.81. The molecule has 0 radical (unpaired) electrons. The highest BCUT2D eigenvalue weighted by molar-refractivity contribution is 5.66. The van der Waals surface area contributed by atoms with Crippen molar-refractivity contribution in [3.05, 3.63) is 46.6 Å². The summed E-state index contributed by atoms with van der Waals surface area (Å²) in [5.41, 5.74) is 5.30. The molecule has 1 atom stereocenters. The topological polar surface area (TPSA) is 26.3 Å². The van der Waals surface area contributed by atoms with Crippen LogP contribution in [0.1, 0.15) is 73.1 Å². The van der Waals surface area contributed by atoms with Crippen LogP contribution < -0.4 is 0 Å². The second kappa shape index (κ2) is 8.00. The fourth-order valence-corrected chi connectivity index (χ4v) is 3.43. The van der Waals surface area contributed by atoms with Gasteiger partial charge in [-0.25, -0.2) is 0 Å². The standard InChI is InChI=1S/C22H32O2/c1-16-8-6-9-17(2)12-13-21(22(4,5)24-18(3)23)15-20-14-19(20)11-7-10-16/h9-10,14-15,21H,6-8,11-13H2,1-5H3/b16-10+,17-9+,20-15?/t21-/m1/s1. The number of allylic oxidation sites excluding steroid dienone is 7. The summed E-state index contributed by atoms with van der Waals surface area (Å²) in [6, 6.07) is 0. The lowest BCUT2D eigenvalue weighted by atomic mass is 9.84. The number of carbonyl (C=O) groups excluding carboxylic acids is 1. The van der Waals surface area contributed by atoms with Crippen molar-refractivity contribution in [2.75, 3.05) is 0 Å². The first-order chi connectivity index (χ1) is 11.3. The monoisotopic (exact) mass is 328 g/mol. The molecule has 2 aliphatic carbocycles. The largest absolute Gasteiger partial charge is 0.459 e. The molecule has 0 aromatic heterocycles. The van der Waals surface area contributed by atoms with Gasteiger partial charge in [0, 0.05) is 12.8 Å². The summed E-state index contributed by atoms with van der Waals surface area (Å²) >= 11 is 0. The molecule has 0 bridgehead atoms. The molecule has 24 heavy (non-hydrogen) atoms. The summed E-state index contributed by atoms with van der Waals surface area (Å²) in [5.74, 6) is 0.0448. The van der Waals surface area contributed by atoms with E-state index < -0.39 is 5.60 Å². The first-order valence-electron chi connectivity index (χ1n) is 9.21. The van der Waals surface area contributed by atoms with Crippen molar-refractivity contribution in [2.24, 2.45) is 5.92 Å². The lowest BCUT2D eigenvalue weighted by molar-refractivity contribution is -0.157. The van der Waals surface area contributed by atoms with Gasteiger partial charge in [0.25, 0.3) is 0 Å². The molecule has 0 amide bonds. The summed E-state index contributed by atoms with van der Waals surface area (Å²) in [4.78, 5) is 11.5. The van der Waals surface area contributed by atoms with Crippen molar-refractivity contribution in [1.29, 1.82) is 0 Å². The molecule has 0 fully saturated rings. The molecule has 2 nitrogen and oxygen atoms in total. The van der Waals surface area contributed by atoms with E-state index in [0.717, 1.165) is 38.5 Å². The van der Waals surface area contributed by atoms with E-state index in [-0.39, 0.29) is 11.9 Å². The Labute approximate surface area is 147 Å². The molecular formula is C22H32O2. The smallest absolute Gasteiger partial charge is 0.303 e. The fraction of sp³-hybridized carbons (Fsp3) is 0.591. The van der Waals surface area contributed by atoms with Crippen LogP contribution in [0.15, 0.2) is 46.6 Å². The zero-order chi connectivity index (χ0) is 17.7. The number of hydrogen-bond donors (Lipinski definition) is 0. The lowest BCUT2D eigenvalue weighted by Crippen LogP contribution is -2.35. The van der Waals surface area contributed by atoms with Crippen LogP contribution in [0.25, 0.3) is 0 Å². The van der Waals surface area contributed by atoms with Crippen molar-refractivity contribution in [3.63, 3.8) is 0 Å². The lowest BCUT2D eigenvalue weighted by Gasteiger charge is -2.32. The predicted octanol–water partition coefficient (Wildman–Crippen LogP) is 6.06. The highest BCUT2D eigenvalue weighted by atomic mass is 16.6. The Balaban J connectivity index is 2.16. The molecule has 0 N–H and O–H groups in total. The van der Waals surface area contributed by atoms with Crippen LogP contribution in [-0.2, 0) is 9.53 Å². The van der Waals surface area contributed by atoms with E-state index in [2.05, 4.69) is 38.2 Å². The van der Waals surface area contributed by atoms with Gasteiger partial charge in [-0.05, 0) is 77.4 Å². The summed E-state index contributed by atoms with van der Waals surface area (Å²) in [6.45, 7) is 10.0. The first kappa shape index (κ1) is 18.8. The highest BCUT2D eigenvalue weighted by Crippen LogP contribution is 2.38. The van der Waals surface area contributed by atoms with E-state index in [1.54, 1.807) is 0 Å². The minimum absolute atomic E-state index is 0.199. The third kappa shape index (κ3) is 5.81. The molecule has 0 unspecified atom stereocenters. The third-order valence-corrected chi connectivity index (χ3v) is 5.09. The van der Waals surface area contributed by atoms with Gasteiger partial charge in [-0.15, -0.1) is 0 Å². The maximum atomic E-state index is 11.5. The van der Waals surface area contributed by atoms with Gasteiger partial charge in [0.15, 0.2) is 0 Å². The van der Waals surface area contributed by atoms with E-state index in [9.17, 15) is 4.79 Å². The van der Waals surface area contributed by atoms with Crippen LogP contribution in [0, 0.1) is 5.92 Å². The molecule has 0 heterocycles. The van der Waals surface area contributed by atoms with Gasteiger partial charge in [0.05, 0.1) is 0 Å². The molecule has 0 aromatic rings. The van der Waals surface area contributed by atoms with Crippen molar-refractivity contribution >= 4 is 5.97 Å². The van der Waals surface area contributed by atoms with Gasteiger partial charge < -0.3 is 4.74 Å². The van der Waals surface area contributed by atoms with Crippen LogP contribution in [0.2, 0.25) is 0 Å². The molecule has 2 aliphatic rings. The Bertz CT molecular complexity index is 599. The molecule has 0 saturated carbocycles. The van der Waals surface area contributed by atoms with Crippen LogP contribution in [0.4, 0.5) is 0 Å². The third-order valence-electron chi connectivity index (χ3n) is 5.09. The zero-order valence-electron chi connectivity index (χ0n) is 15.9. The molecule has 0 aromatic carbocycles. The maximum absolute atomic E-state index is 11.5. The van der Waals surface area contributed by atoms with Crippen LogP contribution >= 0.6 is 0 Å². The van der Waals surface area contributed by atoms with Gasteiger partial charge >= 0.3 is 5.97 Å². The van der Waals surface area contributed by atoms with E-state index in [4.69, 9.17) is 4.74 Å². The van der Waals surface area contributed by atoms with Gasteiger partial charge in [-0.2, -0.15) is 0 Å². The molecule has 2 rings (SSSR count). The van der Waals surface area contributed by atoms with Crippen molar-refractivity contribution in [2.45, 2.75) is 78.7 Å². The molecular weight excluding hydrogens is 296 g/mol. The van der Waals surface area contributed by atoms with Gasteiger partial charge in [0.1, 0.15) is 5.60 Å². The average molecular weight is 328 g/mol. The number of esters is 1. The summed E-state index contributed by atoms with van der Waals surface area (Å²) in [6.07, 6.45) is 15.9. The number of hydrogen-bond acceptors (Lipinski definition) is 2. The fourth-order valence-electron chi connectivity index (χ4n) is 3.43. The van der Waals surface area contributed by atoms with E-state index in [1.807, 2.05) is 13.8 Å². The second-order valence-corrected chi connectivity index (χ2v) is 7.81. The molecule has 0 spiro atoms. The predicted molar refractivity (Wildman–Crippen MR) is 101 cm³/mol. The number of fused-ring (bicyclic) bond motifs is 1. The quantitative estimate of drug-likeness (QED) is 0.455. The number of carbonyl (C=O) groups is 1. The molecule has 132 valence electrons. The van der Waals surface area contributed by atoms with Gasteiger partial charge in [-0.1, -0.05) is 35.5 Å². The minimum atomic E-state index is -0.464. The van der Waals surface area contributed by atoms with Crippen molar-refractivity contribution in [3.8, 4) is 0 Å². The summed E-state index contributed by atoms with van der Waals surface area (Å²) in [7, 11) is 0. The molecule has 0 aliphatic heterocycles.